The lowest BCUT2D eigenvalue weighted by atomic mass is 9.47. The second-order valence-electron chi connectivity index (χ2n) is 8.85. The molecule has 0 aromatic rings. The van der Waals surface area contributed by atoms with Crippen molar-refractivity contribution in [2.24, 2.45) is 34.5 Å². The molecule has 0 spiro atoms. The zero-order valence-corrected chi connectivity index (χ0v) is 13.5. The molecule has 4 aliphatic rings. The molecule has 0 radical (unpaired) electrons. The average molecular weight is 290 g/mol. The van der Waals surface area contributed by atoms with Crippen LogP contribution in [-0.4, -0.2) is 22.4 Å². The minimum atomic E-state index is -0.0913. The maximum Gasteiger partial charge on any atom is 0.0596 e. The molecule has 8 atom stereocenters. The fourth-order valence-corrected chi connectivity index (χ4v) is 6.57. The van der Waals surface area contributed by atoms with Gasteiger partial charge in [0, 0.05) is 0 Å². The van der Waals surface area contributed by atoms with Crippen LogP contribution < -0.4 is 0 Å². The topological polar surface area (TPSA) is 40.5 Å². The lowest BCUT2D eigenvalue weighted by molar-refractivity contribution is -0.0894. The highest BCUT2D eigenvalue weighted by Crippen LogP contribution is 2.64. The van der Waals surface area contributed by atoms with E-state index in [0.717, 1.165) is 25.2 Å². The molecular formula is C19H30O2. The molecular weight excluding hydrogens is 260 g/mol. The molecule has 0 unspecified atom stereocenters. The summed E-state index contributed by atoms with van der Waals surface area (Å²) in [7, 11) is 0. The number of hydrogen-bond donors (Lipinski definition) is 2. The van der Waals surface area contributed by atoms with Gasteiger partial charge >= 0.3 is 0 Å². The van der Waals surface area contributed by atoms with E-state index in [1.165, 1.54) is 25.7 Å². The van der Waals surface area contributed by atoms with Crippen molar-refractivity contribution in [1.29, 1.82) is 0 Å². The first-order valence-corrected chi connectivity index (χ1v) is 8.99. The van der Waals surface area contributed by atoms with Crippen molar-refractivity contribution in [3.8, 4) is 0 Å². The molecule has 0 aliphatic heterocycles. The van der Waals surface area contributed by atoms with Crippen LogP contribution in [0.4, 0.5) is 0 Å². The predicted molar refractivity (Wildman–Crippen MR) is 83.6 cm³/mol. The van der Waals surface area contributed by atoms with Gasteiger partial charge in [0.2, 0.25) is 0 Å². The summed E-state index contributed by atoms with van der Waals surface area (Å²) in [6, 6.07) is 0. The Morgan fingerprint density at radius 3 is 2.38 bits per heavy atom. The van der Waals surface area contributed by atoms with Crippen LogP contribution in [0.1, 0.15) is 58.8 Å². The average Bonchev–Trinajstić information content (AvgIpc) is 2.76. The second-order valence-corrected chi connectivity index (χ2v) is 8.85. The summed E-state index contributed by atoms with van der Waals surface area (Å²) < 4.78 is 0. The first-order chi connectivity index (χ1) is 9.95. The minimum Gasteiger partial charge on any atom is -0.393 e. The summed E-state index contributed by atoms with van der Waals surface area (Å²) >= 11 is 0. The maximum absolute atomic E-state index is 10.4. The molecule has 2 heteroatoms. The number of hydrogen-bond acceptors (Lipinski definition) is 2. The van der Waals surface area contributed by atoms with Gasteiger partial charge in [-0.1, -0.05) is 26.0 Å². The zero-order valence-electron chi connectivity index (χ0n) is 13.5. The third kappa shape index (κ3) is 1.84. The first-order valence-electron chi connectivity index (χ1n) is 8.99. The summed E-state index contributed by atoms with van der Waals surface area (Å²) in [5, 5.41) is 20.5. The smallest absolute Gasteiger partial charge is 0.0596 e. The third-order valence-corrected chi connectivity index (χ3v) is 8.08. The molecule has 0 saturated heterocycles. The highest BCUT2D eigenvalue weighted by atomic mass is 16.3. The van der Waals surface area contributed by atoms with Gasteiger partial charge in [-0.2, -0.15) is 0 Å². The predicted octanol–water partition coefficient (Wildman–Crippen LogP) is 3.53. The van der Waals surface area contributed by atoms with Crippen LogP contribution in [0.3, 0.4) is 0 Å². The SMILES string of the molecule is C[C@]12CC[C@H](O)C[C@@H]1C=C[C@@H]1[C@@H]2CC[C@]2(C)[C@@H](O)CC[C@@H]12. The first kappa shape index (κ1) is 14.3. The van der Waals surface area contributed by atoms with Crippen molar-refractivity contribution in [1.82, 2.24) is 0 Å². The third-order valence-electron chi connectivity index (χ3n) is 8.08. The van der Waals surface area contributed by atoms with Crippen LogP contribution in [0.25, 0.3) is 0 Å². The van der Waals surface area contributed by atoms with Gasteiger partial charge in [0.15, 0.2) is 0 Å². The lowest BCUT2D eigenvalue weighted by Gasteiger charge is -2.58. The summed E-state index contributed by atoms with van der Waals surface area (Å²) in [4.78, 5) is 0. The quantitative estimate of drug-likeness (QED) is 0.670. The van der Waals surface area contributed by atoms with Gasteiger partial charge < -0.3 is 10.2 Å². The standard InChI is InChI=1S/C19H30O2/c1-18-9-7-13(20)11-12(18)3-4-14-15-5-6-17(21)19(15,2)10-8-16(14)18/h3-4,12-17,20-21H,5-11H2,1-2H3/t12-,13-,14-,15-,16-,17-,18-,19-/m0/s1. The lowest BCUT2D eigenvalue weighted by Crippen LogP contribution is -2.52. The van der Waals surface area contributed by atoms with Crippen molar-refractivity contribution in [3.63, 3.8) is 0 Å². The molecule has 4 aliphatic carbocycles. The van der Waals surface area contributed by atoms with E-state index in [1.807, 2.05) is 0 Å². The Hall–Kier alpha value is -0.340. The van der Waals surface area contributed by atoms with E-state index < -0.39 is 0 Å². The van der Waals surface area contributed by atoms with Crippen LogP contribution in [0.5, 0.6) is 0 Å². The summed E-state index contributed by atoms with van der Waals surface area (Å²) in [5.74, 6) is 2.67. The van der Waals surface area contributed by atoms with Crippen molar-refractivity contribution in [3.05, 3.63) is 12.2 Å². The van der Waals surface area contributed by atoms with Gasteiger partial charge in [0.05, 0.1) is 12.2 Å². The number of fused-ring (bicyclic) bond motifs is 5. The zero-order chi connectivity index (χ0) is 14.8. The largest absolute Gasteiger partial charge is 0.393 e. The second kappa shape index (κ2) is 4.58. The van der Waals surface area contributed by atoms with Gasteiger partial charge in [0.25, 0.3) is 0 Å². The van der Waals surface area contributed by atoms with E-state index in [-0.39, 0.29) is 17.6 Å². The van der Waals surface area contributed by atoms with Crippen LogP contribution in [-0.2, 0) is 0 Å². The minimum absolute atomic E-state index is 0.0874. The summed E-state index contributed by atoms with van der Waals surface area (Å²) in [6.45, 7) is 4.82. The molecule has 2 nitrogen and oxygen atoms in total. The van der Waals surface area contributed by atoms with E-state index >= 15 is 0 Å². The monoisotopic (exact) mass is 290 g/mol. The van der Waals surface area contributed by atoms with E-state index in [0.29, 0.717) is 23.2 Å². The highest BCUT2D eigenvalue weighted by molar-refractivity contribution is 5.18. The van der Waals surface area contributed by atoms with Crippen molar-refractivity contribution in [2.45, 2.75) is 71.0 Å². The van der Waals surface area contributed by atoms with Crippen molar-refractivity contribution < 1.29 is 10.2 Å². The number of allylic oxidation sites excluding steroid dienone is 2. The molecule has 3 fully saturated rings. The van der Waals surface area contributed by atoms with E-state index in [2.05, 4.69) is 26.0 Å². The van der Waals surface area contributed by atoms with Gasteiger partial charge in [-0.15, -0.1) is 0 Å². The Kier molecular flexibility index (Phi) is 3.11. The number of rotatable bonds is 0. The van der Waals surface area contributed by atoms with Gasteiger partial charge in [-0.05, 0) is 79.4 Å². The molecule has 118 valence electrons. The van der Waals surface area contributed by atoms with Gasteiger partial charge in [-0.3, -0.25) is 0 Å². The molecule has 0 aromatic heterocycles. The van der Waals surface area contributed by atoms with Crippen LogP contribution in [0.15, 0.2) is 12.2 Å². The fourth-order valence-electron chi connectivity index (χ4n) is 6.57. The molecule has 2 N–H and O–H groups in total. The molecule has 3 saturated carbocycles. The molecule has 0 aromatic carbocycles. The van der Waals surface area contributed by atoms with Crippen LogP contribution in [0, 0.1) is 34.5 Å². The molecule has 0 amide bonds. The number of aliphatic hydroxyl groups is 2. The van der Waals surface area contributed by atoms with E-state index in [1.54, 1.807) is 0 Å². The maximum atomic E-state index is 10.4. The number of aliphatic hydroxyl groups excluding tert-OH is 2. The summed E-state index contributed by atoms with van der Waals surface area (Å²) in [5.41, 5.74) is 0.538. The summed E-state index contributed by atoms with van der Waals surface area (Å²) in [6.07, 6.45) is 12.5. The molecule has 0 heterocycles. The van der Waals surface area contributed by atoms with Crippen LogP contribution >= 0.6 is 0 Å². The Labute approximate surface area is 128 Å². The normalized spacial score (nSPS) is 59.2. The van der Waals surface area contributed by atoms with Gasteiger partial charge in [0.1, 0.15) is 0 Å². The Morgan fingerprint density at radius 1 is 0.857 bits per heavy atom. The van der Waals surface area contributed by atoms with E-state index in [9.17, 15) is 10.2 Å². The van der Waals surface area contributed by atoms with E-state index in [4.69, 9.17) is 0 Å². The highest BCUT2D eigenvalue weighted by Gasteiger charge is 2.58. The Balaban J connectivity index is 1.68. The molecule has 0 bridgehead atoms. The van der Waals surface area contributed by atoms with Crippen molar-refractivity contribution in [2.75, 3.05) is 0 Å². The van der Waals surface area contributed by atoms with Crippen LogP contribution in [0.2, 0.25) is 0 Å². The Bertz CT molecular complexity index is 458. The molecule has 21 heavy (non-hydrogen) atoms. The van der Waals surface area contributed by atoms with Gasteiger partial charge in [-0.25, -0.2) is 0 Å². The fraction of sp³-hybridized carbons (Fsp3) is 0.895. The van der Waals surface area contributed by atoms with Crippen molar-refractivity contribution >= 4 is 0 Å². The molecule has 4 rings (SSSR count). The Morgan fingerprint density at radius 2 is 1.57 bits per heavy atom.